The van der Waals surface area contributed by atoms with E-state index in [0.717, 1.165) is 0 Å². The van der Waals surface area contributed by atoms with Gasteiger partial charge < -0.3 is 9.47 Å². The maximum Gasteiger partial charge on any atom is 0.281 e. The van der Waals surface area contributed by atoms with E-state index in [9.17, 15) is 4.79 Å². The Kier molecular flexibility index (Phi) is 6.92. The molecule has 0 aliphatic rings. The van der Waals surface area contributed by atoms with Crippen molar-refractivity contribution in [2.75, 3.05) is 26.9 Å². The number of benzene rings is 1. The van der Waals surface area contributed by atoms with E-state index >= 15 is 0 Å². The van der Waals surface area contributed by atoms with Gasteiger partial charge in [0.25, 0.3) is 5.91 Å². The quantitative estimate of drug-likeness (QED) is 0.577. The zero-order chi connectivity index (χ0) is 14.1. The number of ether oxygens (including phenoxy) is 2. The van der Waals surface area contributed by atoms with Crippen molar-refractivity contribution in [2.45, 2.75) is 19.8 Å². The number of carbonyl (C=O) groups is 1. The third-order valence-corrected chi connectivity index (χ3v) is 2.47. The first kappa shape index (κ1) is 15.5. The lowest BCUT2D eigenvalue weighted by Crippen LogP contribution is -2.30. The van der Waals surface area contributed by atoms with Crippen molar-refractivity contribution in [1.29, 1.82) is 0 Å². The van der Waals surface area contributed by atoms with Crippen LogP contribution in [0.25, 0.3) is 0 Å². The predicted octanol–water partition coefficient (Wildman–Crippen LogP) is 1.88. The summed E-state index contributed by atoms with van der Waals surface area (Å²) < 4.78 is 10.2. The Balaban J connectivity index is 2.31. The van der Waals surface area contributed by atoms with Crippen LogP contribution in [0.3, 0.4) is 0 Å². The van der Waals surface area contributed by atoms with Crippen LogP contribution in [-0.4, -0.2) is 32.8 Å². The molecule has 0 saturated heterocycles. The smallest absolute Gasteiger partial charge is 0.281 e. The Hall–Kier alpha value is -1.59. The van der Waals surface area contributed by atoms with E-state index in [1.54, 1.807) is 7.11 Å². The van der Waals surface area contributed by atoms with Gasteiger partial charge in [-0.05, 0) is 23.6 Å². The number of methoxy groups -OCH3 is 1. The summed E-state index contributed by atoms with van der Waals surface area (Å²) in [7, 11) is 1.57. The van der Waals surface area contributed by atoms with Gasteiger partial charge in [-0.15, -0.1) is 0 Å². The van der Waals surface area contributed by atoms with Gasteiger partial charge in [0.1, 0.15) is 5.75 Å². The molecule has 1 amide bonds. The number of rotatable bonds is 8. The SMILES string of the molecule is COCCONC(=O)COc1cccc(C(C)C)c1. The van der Waals surface area contributed by atoms with E-state index in [1.807, 2.05) is 24.3 Å². The van der Waals surface area contributed by atoms with Crippen LogP contribution in [0.1, 0.15) is 25.3 Å². The second-order valence-corrected chi connectivity index (χ2v) is 4.38. The van der Waals surface area contributed by atoms with Gasteiger partial charge in [0.15, 0.2) is 6.61 Å². The van der Waals surface area contributed by atoms with Crippen molar-refractivity contribution in [3.63, 3.8) is 0 Å². The standard InChI is InChI=1S/C14H21NO4/c1-11(2)12-5-4-6-13(9-12)18-10-14(16)15-19-8-7-17-3/h4-6,9,11H,7-8,10H2,1-3H3,(H,15,16). The van der Waals surface area contributed by atoms with Gasteiger partial charge in [0.2, 0.25) is 0 Å². The van der Waals surface area contributed by atoms with Crippen LogP contribution in [0.2, 0.25) is 0 Å². The molecule has 5 heteroatoms. The fraction of sp³-hybridized carbons (Fsp3) is 0.500. The first-order valence-electron chi connectivity index (χ1n) is 6.25. The second-order valence-electron chi connectivity index (χ2n) is 4.38. The largest absolute Gasteiger partial charge is 0.484 e. The van der Waals surface area contributed by atoms with Crippen LogP contribution in [0.4, 0.5) is 0 Å². The highest BCUT2D eigenvalue weighted by molar-refractivity contribution is 5.76. The zero-order valence-electron chi connectivity index (χ0n) is 11.6. The Labute approximate surface area is 113 Å². The molecule has 0 aromatic heterocycles. The van der Waals surface area contributed by atoms with Gasteiger partial charge in [-0.2, -0.15) is 0 Å². The molecule has 0 saturated carbocycles. The summed E-state index contributed by atoms with van der Waals surface area (Å²) in [4.78, 5) is 16.3. The van der Waals surface area contributed by atoms with Gasteiger partial charge in [-0.1, -0.05) is 26.0 Å². The van der Waals surface area contributed by atoms with Gasteiger partial charge in [0, 0.05) is 7.11 Å². The monoisotopic (exact) mass is 267 g/mol. The Bertz CT molecular complexity index is 393. The maximum absolute atomic E-state index is 11.4. The summed E-state index contributed by atoms with van der Waals surface area (Å²) in [6.07, 6.45) is 0. The molecular weight excluding hydrogens is 246 g/mol. The van der Waals surface area contributed by atoms with Crippen molar-refractivity contribution in [2.24, 2.45) is 0 Å². The minimum absolute atomic E-state index is 0.0749. The first-order chi connectivity index (χ1) is 9.13. The van der Waals surface area contributed by atoms with Crippen LogP contribution >= 0.6 is 0 Å². The van der Waals surface area contributed by atoms with Gasteiger partial charge in [-0.3, -0.25) is 9.63 Å². The van der Waals surface area contributed by atoms with E-state index < -0.39 is 0 Å². The number of hydrogen-bond acceptors (Lipinski definition) is 4. The molecule has 0 radical (unpaired) electrons. The molecule has 1 rings (SSSR count). The van der Waals surface area contributed by atoms with E-state index in [4.69, 9.17) is 14.3 Å². The van der Waals surface area contributed by atoms with Crippen molar-refractivity contribution >= 4 is 5.91 Å². The van der Waals surface area contributed by atoms with E-state index in [1.165, 1.54) is 5.56 Å². The third-order valence-electron chi connectivity index (χ3n) is 2.47. The molecule has 19 heavy (non-hydrogen) atoms. The Morgan fingerprint density at radius 1 is 1.32 bits per heavy atom. The maximum atomic E-state index is 11.4. The van der Waals surface area contributed by atoms with Crippen LogP contribution < -0.4 is 10.2 Å². The molecule has 0 atom stereocenters. The summed E-state index contributed by atoms with van der Waals surface area (Å²) in [6, 6.07) is 7.71. The van der Waals surface area contributed by atoms with E-state index in [2.05, 4.69) is 19.3 Å². The summed E-state index contributed by atoms with van der Waals surface area (Å²) in [5.74, 6) is 0.777. The fourth-order valence-corrected chi connectivity index (χ4v) is 1.40. The molecule has 1 aromatic rings. The summed E-state index contributed by atoms with van der Waals surface area (Å²) in [5, 5.41) is 0. The third kappa shape index (κ3) is 6.22. The van der Waals surface area contributed by atoms with Gasteiger partial charge in [0.05, 0.1) is 13.2 Å². The molecule has 0 aliphatic heterocycles. The zero-order valence-corrected chi connectivity index (χ0v) is 11.6. The van der Waals surface area contributed by atoms with Crippen LogP contribution in [-0.2, 0) is 14.4 Å². The van der Waals surface area contributed by atoms with Crippen molar-refractivity contribution in [3.8, 4) is 5.75 Å². The topological polar surface area (TPSA) is 56.8 Å². The average Bonchev–Trinajstić information content (AvgIpc) is 2.41. The first-order valence-corrected chi connectivity index (χ1v) is 6.25. The van der Waals surface area contributed by atoms with Gasteiger partial charge in [-0.25, -0.2) is 5.48 Å². The molecule has 1 N–H and O–H groups in total. The number of hydroxylamine groups is 1. The normalized spacial score (nSPS) is 10.5. The van der Waals surface area contributed by atoms with E-state index in [-0.39, 0.29) is 12.5 Å². The lowest BCUT2D eigenvalue weighted by Gasteiger charge is -2.10. The van der Waals surface area contributed by atoms with Crippen molar-refractivity contribution in [3.05, 3.63) is 29.8 Å². The van der Waals surface area contributed by atoms with Crippen molar-refractivity contribution in [1.82, 2.24) is 5.48 Å². The van der Waals surface area contributed by atoms with Crippen LogP contribution in [0.5, 0.6) is 5.75 Å². The Morgan fingerprint density at radius 3 is 2.79 bits per heavy atom. The number of carbonyl (C=O) groups excluding carboxylic acids is 1. The number of nitrogens with one attached hydrogen (secondary N) is 1. The second kappa shape index (κ2) is 8.50. The fourth-order valence-electron chi connectivity index (χ4n) is 1.40. The molecule has 0 unspecified atom stereocenters. The molecule has 0 bridgehead atoms. The van der Waals surface area contributed by atoms with Crippen LogP contribution in [0.15, 0.2) is 24.3 Å². The molecule has 0 aliphatic carbocycles. The van der Waals surface area contributed by atoms with Crippen molar-refractivity contribution < 1.29 is 19.1 Å². The highest BCUT2D eigenvalue weighted by atomic mass is 16.7. The number of hydrogen-bond donors (Lipinski definition) is 1. The molecular formula is C14H21NO4. The summed E-state index contributed by atoms with van der Waals surface area (Å²) >= 11 is 0. The number of amides is 1. The van der Waals surface area contributed by atoms with Crippen LogP contribution in [0, 0.1) is 0 Å². The predicted molar refractivity (Wildman–Crippen MR) is 72.0 cm³/mol. The van der Waals surface area contributed by atoms with E-state index in [0.29, 0.717) is 24.9 Å². The minimum atomic E-state index is -0.328. The average molecular weight is 267 g/mol. The highest BCUT2D eigenvalue weighted by Gasteiger charge is 2.04. The summed E-state index contributed by atoms with van der Waals surface area (Å²) in [6.45, 7) is 4.88. The lowest BCUT2D eigenvalue weighted by atomic mass is 10.0. The molecule has 0 heterocycles. The molecule has 1 aromatic carbocycles. The van der Waals surface area contributed by atoms with Gasteiger partial charge >= 0.3 is 0 Å². The summed E-state index contributed by atoms with van der Waals surface area (Å²) in [5.41, 5.74) is 3.46. The molecule has 0 spiro atoms. The Morgan fingerprint density at radius 2 is 2.11 bits per heavy atom. The molecule has 5 nitrogen and oxygen atoms in total. The molecule has 106 valence electrons. The minimum Gasteiger partial charge on any atom is -0.484 e. The molecule has 0 fully saturated rings. The lowest BCUT2D eigenvalue weighted by molar-refractivity contribution is -0.136. The highest BCUT2D eigenvalue weighted by Crippen LogP contribution is 2.19.